The van der Waals surface area contributed by atoms with E-state index in [9.17, 15) is 9.90 Å². The Labute approximate surface area is 95.8 Å². The molecule has 2 saturated carbocycles. The van der Waals surface area contributed by atoms with Gasteiger partial charge in [-0.05, 0) is 43.9 Å². The van der Waals surface area contributed by atoms with Gasteiger partial charge in [0.05, 0.1) is 0 Å². The number of thioether (sulfide) groups is 1. The molecule has 0 radical (unpaired) electrons. The number of rotatable bonds is 5. The zero-order chi connectivity index (χ0) is 11.1. The van der Waals surface area contributed by atoms with E-state index in [-0.39, 0.29) is 0 Å². The molecule has 3 heteroatoms. The summed E-state index contributed by atoms with van der Waals surface area (Å²) in [5.74, 6) is 1.01. The van der Waals surface area contributed by atoms with Gasteiger partial charge in [0.25, 0.3) is 0 Å². The molecule has 2 aliphatic carbocycles. The highest BCUT2D eigenvalue weighted by Gasteiger charge is 2.55. The Balaban J connectivity index is 1.92. The van der Waals surface area contributed by atoms with Crippen molar-refractivity contribution in [3.63, 3.8) is 0 Å². The van der Waals surface area contributed by atoms with Gasteiger partial charge < -0.3 is 5.11 Å². The predicted molar refractivity (Wildman–Crippen MR) is 63.2 cm³/mol. The molecule has 0 aromatic carbocycles. The number of carboxylic acids is 1. The molecule has 0 saturated heterocycles. The van der Waals surface area contributed by atoms with Gasteiger partial charge in [0, 0.05) is 5.25 Å². The second-order valence-electron chi connectivity index (χ2n) is 5.14. The molecule has 0 aromatic heterocycles. The average Bonchev–Trinajstić information content (AvgIpc) is 2.92. The third kappa shape index (κ3) is 2.17. The van der Waals surface area contributed by atoms with Crippen LogP contribution >= 0.6 is 11.8 Å². The molecular weight excluding hydrogens is 208 g/mol. The first-order valence-electron chi connectivity index (χ1n) is 5.98. The van der Waals surface area contributed by atoms with E-state index < -0.39 is 10.7 Å². The lowest BCUT2D eigenvalue weighted by Crippen LogP contribution is -2.49. The summed E-state index contributed by atoms with van der Waals surface area (Å²) in [5.41, 5.74) is 0. The Hall–Kier alpha value is -0.180. The molecule has 2 fully saturated rings. The zero-order valence-corrected chi connectivity index (χ0v) is 10.3. The molecule has 15 heavy (non-hydrogen) atoms. The Kier molecular flexibility index (Phi) is 3.02. The van der Waals surface area contributed by atoms with Crippen molar-refractivity contribution in [1.82, 2.24) is 0 Å². The zero-order valence-electron chi connectivity index (χ0n) is 9.53. The van der Waals surface area contributed by atoms with Crippen molar-refractivity contribution in [1.29, 1.82) is 0 Å². The van der Waals surface area contributed by atoms with Crippen LogP contribution in [0.2, 0.25) is 0 Å². The molecule has 0 spiro atoms. The first kappa shape index (κ1) is 11.3. The van der Waals surface area contributed by atoms with Crippen LogP contribution in [0.4, 0.5) is 0 Å². The van der Waals surface area contributed by atoms with E-state index in [0.29, 0.717) is 5.25 Å². The van der Waals surface area contributed by atoms with E-state index in [1.807, 2.05) is 0 Å². The van der Waals surface area contributed by atoms with Crippen molar-refractivity contribution in [2.75, 3.05) is 0 Å². The van der Waals surface area contributed by atoms with Gasteiger partial charge in [0.2, 0.25) is 0 Å². The summed E-state index contributed by atoms with van der Waals surface area (Å²) in [6, 6.07) is 0. The number of hydrogen-bond donors (Lipinski definition) is 1. The summed E-state index contributed by atoms with van der Waals surface area (Å²) in [7, 11) is 0. The van der Waals surface area contributed by atoms with Crippen LogP contribution in [0.25, 0.3) is 0 Å². The second kappa shape index (κ2) is 4.00. The molecule has 0 aromatic rings. The number of aliphatic carboxylic acids is 1. The fourth-order valence-corrected chi connectivity index (χ4v) is 4.14. The molecule has 2 nitrogen and oxygen atoms in total. The standard InChI is InChI=1S/C12H20O2S/c1-3-8(2)15-12(11(13)14)6-10(7-12)9-4-5-9/h8-10H,3-7H2,1-2H3,(H,13,14). The van der Waals surface area contributed by atoms with Crippen LogP contribution in [0.3, 0.4) is 0 Å². The third-order valence-corrected chi connectivity index (χ3v) is 5.56. The fraction of sp³-hybridized carbons (Fsp3) is 0.917. The topological polar surface area (TPSA) is 37.3 Å². The largest absolute Gasteiger partial charge is 0.480 e. The number of carboxylic acid groups (broad SMARTS) is 1. The van der Waals surface area contributed by atoms with Crippen molar-refractivity contribution in [3.05, 3.63) is 0 Å². The minimum atomic E-state index is -0.579. The quantitative estimate of drug-likeness (QED) is 0.785. The maximum atomic E-state index is 11.3. The lowest BCUT2D eigenvalue weighted by molar-refractivity contribution is -0.143. The van der Waals surface area contributed by atoms with Crippen molar-refractivity contribution >= 4 is 17.7 Å². The molecule has 1 N–H and O–H groups in total. The van der Waals surface area contributed by atoms with Gasteiger partial charge in [-0.2, -0.15) is 0 Å². The van der Waals surface area contributed by atoms with Crippen LogP contribution in [0.5, 0.6) is 0 Å². The average molecular weight is 228 g/mol. The summed E-state index contributed by atoms with van der Waals surface area (Å²) in [6.45, 7) is 4.27. The minimum Gasteiger partial charge on any atom is -0.480 e. The van der Waals surface area contributed by atoms with Gasteiger partial charge in [-0.25, -0.2) is 0 Å². The van der Waals surface area contributed by atoms with Gasteiger partial charge in [-0.3, -0.25) is 4.79 Å². The second-order valence-corrected chi connectivity index (χ2v) is 6.96. The van der Waals surface area contributed by atoms with Crippen molar-refractivity contribution in [3.8, 4) is 0 Å². The predicted octanol–water partition coefficient (Wildman–Crippen LogP) is 3.16. The molecule has 0 bridgehead atoms. The first-order valence-corrected chi connectivity index (χ1v) is 6.86. The van der Waals surface area contributed by atoms with E-state index in [2.05, 4.69) is 13.8 Å². The van der Waals surface area contributed by atoms with Gasteiger partial charge in [-0.1, -0.05) is 13.8 Å². The van der Waals surface area contributed by atoms with E-state index in [1.54, 1.807) is 11.8 Å². The summed E-state index contributed by atoms with van der Waals surface area (Å²) < 4.78 is -0.428. The van der Waals surface area contributed by atoms with E-state index in [0.717, 1.165) is 31.1 Å². The SMILES string of the molecule is CCC(C)SC1(C(=O)O)CC(C2CC2)C1. The van der Waals surface area contributed by atoms with Gasteiger partial charge in [-0.15, -0.1) is 11.8 Å². The van der Waals surface area contributed by atoms with Gasteiger partial charge in [0.15, 0.2) is 0 Å². The Morgan fingerprint density at radius 2 is 2.07 bits per heavy atom. The van der Waals surface area contributed by atoms with E-state index in [1.165, 1.54) is 12.8 Å². The van der Waals surface area contributed by atoms with Crippen molar-refractivity contribution < 1.29 is 9.90 Å². The Bertz CT molecular complexity index is 254. The highest BCUT2D eigenvalue weighted by molar-refractivity contribution is 8.02. The first-order chi connectivity index (χ1) is 7.07. The minimum absolute atomic E-state index is 0.428. The van der Waals surface area contributed by atoms with Crippen molar-refractivity contribution in [2.24, 2.45) is 11.8 Å². The van der Waals surface area contributed by atoms with Crippen molar-refractivity contribution in [2.45, 2.75) is 55.9 Å². The van der Waals surface area contributed by atoms with Crippen LogP contribution in [-0.4, -0.2) is 21.1 Å². The molecule has 2 rings (SSSR count). The highest BCUT2D eigenvalue weighted by Crippen LogP contribution is 2.57. The summed E-state index contributed by atoms with van der Waals surface area (Å²) in [5, 5.41) is 9.80. The van der Waals surface area contributed by atoms with Crippen LogP contribution < -0.4 is 0 Å². The van der Waals surface area contributed by atoms with Crippen LogP contribution in [0.15, 0.2) is 0 Å². The normalized spacial score (nSPS) is 37.1. The monoisotopic (exact) mass is 228 g/mol. The van der Waals surface area contributed by atoms with Gasteiger partial charge >= 0.3 is 5.97 Å². The lowest BCUT2D eigenvalue weighted by Gasteiger charge is -2.45. The Morgan fingerprint density at radius 1 is 1.47 bits per heavy atom. The summed E-state index contributed by atoms with van der Waals surface area (Å²) in [6.07, 6.45) is 5.58. The molecular formula is C12H20O2S. The van der Waals surface area contributed by atoms with Crippen LogP contribution in [0.1, 0.15) is 46.0 Å². The lowest BCUT2D eigenvalue weighted by atomic mass is 9.71. The molecule has 0 heterocycles. The van der Waals surface area contributed by atoms with Crippen LogP contribution in [0, 0.1) is 11.8 Å². The smallest absolute Gasteiger partial charge is 0.319 e. The number of hydrogen-bond acceptors (Lipinski definition) is 2. The summed E-state index contributed by atoms with van der Waals surface area (Å²) >= 11 is 1.69. The number of carbonyl (C=O) groups is 1. The maximum absolute atomic E-state index is 11.3. The molecule has 0 aliphatic heterocycles. The third-order valence-electron chi connectivity index (χ3n) is 3.86. The molecule has 86 valence electrons. The Morgan fingerprint density at radius 3 is 2.47 bits per heavy atom. The molecule has 1 atom stereocenters. The molecule has 1 unspecified atom stereocenters. The highest BCUT2D eigenvalue weighted by atomic mass is 32.2. The van der Waals surface area contributed by atoms with E-state index in [4.69, 9.17) is 0 Å². The van der Waals surface area contributed by atoms with E-state index >= 15 is 0 Å². The molecule has 2 aliphatic rings. The van der Waals surface area contributed by atoms with Gasteiger partial charge in [0.1, 0.15) is 4.75 Å². The molecule has 0 amide bonds. The van der Waals surface area contributed by atoms with Crippen LogP contribution in [-0.2, 0) is 4.79 Å². The maximum Gasteiger partial charge on any atom is 0.319 e. The fourth-order valence-electron chi connectivity index (χ4n) is 2.48. The summed E-state index contributed by atoms with van der Waals surface area (Å²) in [4.78, 5) is 11.3.